The molecule has 4 rings (SSSR count). The van der Waals surface area contributed by atoms with Gasteiger partial charge in [-0.05, 0) is 53.9 Å². The Bertz CT molecular complexity index is 1010. The highest BCUT2D eigenvalue weighted by molar-refractivity contribution is 5.85. The zero-order valence-electron chi connectivity index (χ0n) is 17.9. The molecule has 0 spiro atoms. The van der Waals surface area contributed by atoms with Crippen molar-refractivity contribution in [3.8, 4) is 5.75 Å². The molecule has 0 N–H and O–H groups in total. The topological polar surface area (TPSA) is 32.8 Å². The maximum Gasteiger partial charge on any atom is 0.222 e. The van der Waals surface area contributed by atoms with E-state index >= 15 is 0 Å². The molecule has 0 radical (unpaired) electrons. The van der Waals surface area contributed by atoms with Gasteiger partial charge in [-0.1, -0.05) is 54.6 Å². The largest absolute Gasteiger partial charge is 0.497 e. The van der Waals surface area contributed by atoms with E-state index in [0.29, 0.717) is 19.0 Å². The van der Waals surface area contributed by atoms with Crippen LogP contribution in [0, 0.1) is 0 Å². The summed E-state index contributed by atoms with van der Waals surface area (Å²) in [6.07, 6.45) is 2.51. The van der Waals surface area contributed by atoms with E-state index in [4.69, 9.17) is 4.74 Å². The predicted octanol–water partition coefficient (Wildman–Crippen LogP) is 4.86. The average Bonchev–Trinajstić information content (AvgIpc) is 2.96. The van der Waals surface area contributed by atoms with E-state index in [2.05, 4.69) is 60.5 Å². The van der Waals surface area contributed by atoms with Gasteiger partial charge >= 0.3 is 0 Å². The molecular formula is C26H30N2O2. The van der Waals surface area contributed by atoms with Crippen LogP contribution in [0.3, 0.4) is 0 Å². The summed E-state index contributed by atoms with van der Waals surface area (Å²) in [6.45, 7) is 2.34. The summed E-state index contributed by atoms with van der Waals surface area (Å²) in [5.74, 6) is 1.08. The van der Waals surface area contributed by atoms with Gasteiger partial charge in [-0.3, -0.25) is 9.69 Å². The molecule has 1 heterocycles. The molecule has 0 saturated carbocycles. The highest BCUT2D eigenvalue weighted by Gasteiger charge is 2.25. The Morgan fingerprint density at radius 2 is 1.83 bits per heavy atom. The molecule has 0 aliphatic carbocycles. The van der Waals surface area contributed by atoms with Crippen molar-refractivity contribution in [3.63, 3.8) is 0 Å². The smallest absolute Gasteiger partial charge is 0.222 e. The number of hydrogen-bond donors (Lipinski definition) is 0. The van der Waals surface area contributed by atoms with Crippen LogP contribution >= 0.6 is 0 Å². The number of ether oxygens (including phenoxy) is 1. The molecule has 4 heteroatoms. The summed E-state index contributed by atoms with van der Waals surface area (Å²) in [5, 5.41) is 2.60. The van der Waals surface area contributed by atoms with Gasteiger partial charge in [0.1, 0.15) is 5.75 Å². The Kier molecular flexibility index (Phi) is 6.34. The molecule has 1 saturated heterocycles. The number of hydrogen-bond acceptors (Lipinski definition) is 3. The number of methoxy groups -OCH3 is 1. The Hall–Kier alpha value is -2.85. The normalized spacial score (nSPS) is 17.4. The van der Waals surface area contributed by atoms with Crippen LogP contribution in [0.1, 0.15) is 30.4 Å². The van der Waals surface area contributed by atoms with Gasteiger partial charge in [-0.25, -0.2) is 0 Å². The van der Waals surface area contributed by atoms with Crippen molar-refractivity contribution in [2.45, 2.75) is 38.4 Å². The van der Waals surface area contributed by atoms with Crippen LogP contribution in [0.25, 0.3) is 10.8 Å². The minimum atomic E-state index is 0.249. The Balaban J connectivity index is 1.42. The molecule has 3 aromatic carbocycles. The molecule has 3 aromatic rings. The molecule has 156 valence electrons. The minimum absolute atomic E-state index is 0.249. The van der Waals surface area contributed by atoms with Crippen LogP contribution in [-0.2, 0) is 17.9 Å². The van der Waals surface area contributed by atoms with Crippen molar-refractivity contribution in [2.75, 3.05) is 20.7 Å². The molecule has 1 amide bonds. The summed E-state index contributed by atoms with van der Waals surface area (Å²) >= 11 is 0. The van der Waals surface area contributed by atoms with E-state index in [-0.39, 0.29) is 5.91 Å². The van der Waals surface area contributed by atoms with E-state index in [9.17, 15) is 4.79 Å². The first kappa shape index (κ1) is 20.4. The van der Waals surface area contributed by atoms with Crippen molar-refractivity contribution in [1.29, 1.82) is 0 Å². The van der Waals surface area contributed by atoms with Crippen molar-refractivity contribution in [2.24, 2.45) is 0 Å². The zero-order chi connectivity index (χ0) is 20.9. The zero-order valence-corrected chi connectivity index (χ0v) is 17.9. The number of benzene rings is 3. The van der Waals surface area contributed by atoms with Crippen LogP contribution in [-0.4, -0.2) is 42.5 Å². The van der Waals surface area contributed by atoms with E-state index < -0.39 is 0 Å². The molecule has 1 aliphatic rings. The fourth-order valence-electron chi connectivity index (χ4n) is 4.45. The van der Waals surface area contributed by atoms with Crippen LogP contribution in [0.4, 0.5) is 0 Å². The minimum Gasteiger partial charge on any atom is -0.497 e. The predicted molar refractivity (Wildman–Crippen MR) is 121 cm³/mol. The van der Waals surface area contributed by atoms with Gasteiger partial charge in [0, 0.05) is 32.1 Å². The summed E-state index contributed by atoms with van der Waals surface area (Å²) in [6, 6.07) is 23.5. The van der Waals surface area contributed by atoms with Crippen LogP contribution < -0.4 is 4.74 Å². The molecule has 1 unspecified atom stereocenters. The van der Waals surface area contributed by atoms with Crippen molar-refractivity contribution < 1.29 is 9.53 Å². The molecule has 1 fully saturated rings. The molecule has 0 aromatic heterocycles. The number of rotatable bonds is 6. The van der Waals surface area contributed by atoms with E-state index in [1.807, 2.05) is 23.1 Å². The Morgan fingerprint density at radius 3 is 2.70 bits per heavy atom. The van der Waals surface area contributed by atoms with E-state index in [1.54, 1.807) is 7.11 Å². The Labute approximate surface area is 179 Å². The summed E-state index contributed by atoms with van der Waals surface area (Å²) in [5.41, 5.74) is 2.46. The first-order chi connectivity index (χ1) is 14.6. The standard InChI is InChI=1S/C26H30N2O2/c1-27(19-22-10-6-9-21-8-3-4-12-25(21)22)23-13-14-26(29)28(16-15-23)18-20-7-5-11-24(17-20)30-2/h3-12,17,23H,13-16,18-19H2,1-2H3. The monoisotopic (exact) mass is 402 g/mol. The molecule has 1 aliphatic heterocycles. The molecule has 1 atom stereocenters. The van der Waals surface area contributed by atoms with E-state index in [1.165, 1.54) is 16.3 Å². The number of amides is 1. The maximum atomic E-state index is 12.8. The quantitative estimate of drug-likeness (QED) is 0.590. The molecular weight excluding hydrogens is 372 g/mol. The molecule has 30 heavy (non-hydrogen) atoms. The summed E-state index contributed by atoms with van der Waals surface area (Å²) in [4.78, 5) is 17.2. The maximum absolute atomic E-state index is 12.8. The van der Waals surface area contributed by atoms with Gasteiger partial charge in [0.2, 0.25) is 5.91 Å². The highest BCUT2D eigenvalue weighted by atomic mass is 16.5. The van der Waals surface area contributed by atoms with Gasteiger partial charge in [0.05, 0.1) is 7.11 Å². The highest BCUT2D eigenvalue weighted by Crippen LogP contribution is 2.24. The third-order valence-electron chi connectivity index (χ3n) is 6.21. The van der Waals surface area contributed by atoms with Crippen LogP contribution in [0.5, 0.6) is 5.75 Å². The first-order valence-corrected chi connectivity index (χ1v) is 10.7. The van der Waals surface area contributed by atoms with Gasteiger partial charge in [0.15, 0.2) is 0 Å². The lowest BCUT2D eigenvalue weighted by Gasteiger charge is -2.27. The second kappa shape index (κ2) is 9.31. The third kappa shape index (κ3) is 4.65. The van der Waals surface area contributed by atoms with Gasteiger partial charge in [-0.15, -0.1) is 0 Å². The summed E-state index contributed by atoms with van der Waals surface area (Å²) < 4.78 is 5.32. The van der Waals surface area contributed by atoms with Gasteiger partial charge < -0.3 is 9.64 Å². The van der Waals surface area contributed by atoms with Gasteiger partial charge in [0.25, 0.3) is 0 Å². The molecule has 4 nitrogen and oxygen atoms in total. The lowest BCUT2D eigenvalue weighted by atomic mass is 10.0. The van der Waals surface area contributed by atoms with Crippen molar-refractivity contribution in [3.05, 3.63) is 77.9 Å². The van der Waals surface area contributed by atoms with Crippen LogP contribution in [0.2, 0.25) is 0 Å². The summed E-state index contributed by atoms with van der Waals surface area (Å²) in [7, 11) is 3.86. The number of fused-ring (bicyclic) bond motifs is 1. The number of carbonyl (C=O) groups is 1. The molecule has 0 bridgehead atoms. The first-order valence-electron chi connectivity index (χ1n) is 10.7. The fourth-order valence-corrected chi connectivity index (χ4v) is 4.45. The second-order valence-electron chi connectivity index (χ2n) is 8.20. The lowest BCUT2D eigenvalue weighted by molar-refractivity contribution is -0.131. The Morgan fingerprint density at radius 1 is 1.03 bits per heavy atom. The van der Waals surface area contributed by atoms with Crippen molar-refractivity contribution in [1.82, 2.24) is 9.80 Å². The fraction of sp³-hybridized carbons (Fsp3) is 0.346. The number of likely N-dealkylation sites (tertiary alicyclic amines) is 1. The van der Waals surface area contributed by atoms with Crippen molar-refractivity contribution >= 4 is 16.7 Å². The average molecular weight is 403 g/mol. The number of nitrogens with zero attached hydrogens (tertiary/aromatic N) is 2. The second-order valence-corrected chi connectivity index (χ2v) is 8.20. The lowest BCUT2D eigenvalue weighted by Crippen LogP contribution is -2.33. The SMILES string of the molecule is COc1cccc(CN2CCC(N(C)Cc3cccc4ccccc34)CCC2=O)c1. The van der Waals surface area contributed by atoms with E-state index in [0.717, 1.165) is 37.2 Å². The van der Waals surface area contributed by atoms with Gasteiger partial charge in [-0.2, -0.15) is 0 Å². The third-order valence-corrected chi connectivity index (χ3v) is 6.21. The number of carbonyl (C=O) groups excluding carboxylic acids is 1. The van der Waals surface area contributed by atoms with Crippen LogP contribution in [0.15, 0.2) is 66.7 Å².